The van der Waals surface area contributed by atoms with Crippen molar-refractivity contribution < 1.29 is 14.3 Å². The maximum Gasteiger partial charge on any atom is 0.253 e. The van der Waals surface area contributed by atoms with Gasteiger partial charge < -0.3 is 14.4 Å². The predicted octanol–water partition coefficient (Wildman–Crippen LogP) is 3.51. The highest BCUT2D eigenvalue weighted by Crippen LogP contribution is 2.35. The van der Waals surface area contributed by atoms with E-state index in [-0.39, 0.29) is 12.7 Å². The Morgan fingerprint density at radius 1 is 1.21 bits per heavy atom. The van der Waals surface area contributed by atoms with Crippen LogP contribution in [-0.4, -0.2) is 35.7 Å². The van der Waals surface area contributed by atoms with Gasteiger partial charge in [-0.3, -0.25) is 4.79 Å². The maximum absolute atomic E-state index is 12.7. The zero-order chi connectivity index (χ0) is 16.7. The number of hydrogen-bond donors (Lipinski definition) is 0. The van der Waals surface area contributed by atoms with Crippen LogP contribution in [0.4, 0.5) is 0 Å². The molecule has 0 radical (unpaired) electrons. The molecule has 1 aromatic carbocycles. The van der Waals surface area contributed by atoms with Crippen molar-refractivity contribution in [2.45, 2.75) is 32.6 Å². The fourth-order valence-corrected chi connectivity index (χ4v) is 4.31. The van der Waals surface area contributed by atoms with Crippen LogP contribution in [0.15, 0.2) is 18.2 Å². The van der Waals surface area contributed by atoms with Crippen LogP contribution in [0.25, 0.3) is 0 Å². The summed E-state index contributed by atoms with van der Waals surface area (Å²) in [6, 6.07) is 5.41. The molecule has 0 aliphatic carbocycles. The third kappa shape index (κ3) is 2.75. The van der Waals surface area contributed by atoms with Crippen molar-refractivity contribution in [3.8, 4) is 11.5 Å². The summed E-state index contributed by atoms with van der Waals surface area (Å²) in [6.07, 6.45) is 1.95. The highest BCUT2D eigenvalue weighted by Gasteiger charge is 2.27. The molecule has 1 amide bonds. The molecule has 126 valence electrons. The molecule has 2 aliphatic heterocycles. The van der Waals surface area contributed by atoms with Crippen LogP contribution in [-0.2, 0) is 0 Å². The fraction of sp³-hybridized carbons (Fsp3) is 0.444. The Bertz CT molecular complexity index is 759. The predicted molar refractivity (Wildman–Crippen MR) is 92.0 cm³/mol. The first-order chi connectivity index (χ1) is 11.6. The summed E-state index contributed by atoms with van der Waals surface area (Å²) in [7, 11) is 0. The Morgan fingerprint density at radius 3 is 2.67 bits per heavy atom. The molecule has 0 unspecified atom stereocenters. The number of likely N-dealkylation sites (tertiary alicyclic amines) is 1. The van der Waals surface area contributed by atoms with Crippen molar-refractivity contribution in [3.05, 3.63) is 39.3 Å². The Kier molecular flexibility index (Phi) is 3.92. The van der Waals surface area contributed by atoms with Gasteiger partial charge in [0.2, 0.25) is 6.79 Å². The molecule has 3 heterocycles. The Morgan fingerprint density at radius 2 is 1.96 bits per heavy atom. The summed E-state index contributed by atoms with van der Waals surface area (Å²) in [5.41, 5.74) is 1.80. The smallest absolute Gasteiger partial charge is 0.253 e. The van der Waals surface area contributed by atoms with Crippen LogP contribution in [0.1, 0.15) is 44.7 Å². The quantitative estimate of drug-likeness (QED) is 0.836. The minimum Gasteiger partial charge on any atom is -0.454 e. The fourth-order valence-electron chi connectivity index (χ4n) is 3.21. The van der Waals surface area contributed by atoms with Crippen LogP contribution in [0, 0.1) is 13.8 Å². The van der Waals surface area contributed by atoms with Crippen molar-refractivity contribution in [3.63, 3.8) is 0 Å². The lowest BCUT2D eigenvalue weighted by Crippen LogP contribution is -2.37. The van der Waals surface area contributed by atoms with E-state index in [9.17, 15) is 4.79 Å². The summed E-state index contributed by atoms with van der Waals surface area (Å²) < 4.78 is 10.7. The maximum atomic E-state index is 12.7. The summed E-state index contributed by atoms with van der Waals surface area (Å²) in [4.78, 5) is 20.6. The molecule has 0 atom stereocenters. The number of aromatic nitrogens is 1. The average molecular weight is 344 g/mol. The van der Waals surface area contributed by atoms with E-state index in [2.05, 4.69) is 18.8 Å². The number of aryl methyl sites for hydroxylation is 2. The van der Waals surface area contributed by atoms with E-state index in [1.807, 2.05) is 17.0 Å². The topological polar surface area (TPSA) is 51.7 Å². The number of benzene rings is 1. The molecule has 5 nitrogen and oxygen atoms in total. The molecule has 1 aromatic heterocycles. The standard InChI is InChI=1S/C18H20N2O3S/c1-11-12(2)24-17(19-11)13-5-7-20(8-6-13)18(21)14-3-4-15-16(9-14)23-10-22-15/h3-4,9,13H,5-8,10H2,1-2H3. The van der Waals surface area contributed by atoms with Gasteiger partial charge in [0.25, 0.3) is 5.91 Å². The van der Waals surface area contributed by atoms with Crippen molar-refractivity contribution in [2.24, 2.45) is 0 Å². The molecule has 1 fully saturated rings. The van der Waals surface area contributed by atoms with Gasteiger partial charge in [0, 0.05) is 29.4 Å². The number of ether oxygens (including phenoxy) is 2. The molecule has 0 bridgehead atoms. The van der Waals surface area contributed by atoms with Crippen molar-refractivity contribution in [1.29, 1.82) is 0 Å². The van der Waals surface area contributed by atoms with Gasteiger partial charge in [-0.05, 0) is 44.9 Å². The summed E-state index contributed by atoms with van der Waals surface area (Å²) in [5, 5.41) is 1.22. The van der Waals surface area contributed by atoms with Crippen LogP contribution >= 0.6 is 11.3 Å². The SMILES string of the molecule is Cc1nc(C2CCN(C(=O)c3ccc4c(c3)OCO4)CC2)sc1C. The number of hydrogen-bond acceptors (Lipinski definition) is 5. The second kappa shape index (κ2) is 6.09. The number of fused-ring (bicyclic) bond motifs is 1. The molecule has 4 rings (SSSR count). The van der Waals surface area contributed by atoms with Gasteiger partial charge in [0.05, 0.1) is 10.7 Å². The van der Waals surface area contributed by atoms with E-state index in [1.54, 1.807) is 17.4 Å². The van der Waals surface area contributed by atoms with E-state index in [4.69, 9.17) is 9.47 Å². The number of amides is 1. The van der Waals surface area contributed by atoms with Crippen molar-refractivity contribution in [2.75, 3.05) is 19.9 Å². The molecule has 2 aromatic rings. The largest absolute Gasteiger partial charge is 0.454 e. The minimum absolute atomic E-state index is 0.0678. The molecule has 6 heteroatoms. The molecule has 24 heavy (non-hydrogen) atoms. The second-order valence-electron chi connectivity index (χ2n) is 6.33. The lowest BCUT2D eigenvalue weighted by Gasteiger charge is -2.31. The summed E-state index contributed by atoms with van der Waals surface area (Å²) in [6.45, 7) is 5.96. The molecule has 1 saturated heterocycles. The third-order valence-corrected chi connectivity index (χ3v) is 6.03. The van der Waals surface area contributed by atoms with Crippen LogP contribution in [0.3, 0.4) is 0 Å². The highest BCUT2D eigenvalue weighted by atomic mass is 32.1. The number of rotatable bonds is 2. The number of piperidine rings is 1. The van der Waals surface area contributed by atoms with E-state index in [0.717, 1.165) is 31.6 Å². The molecular weight excluding hydrogens is 324 g/mol. The van der Waals surface area contributed by atoms with Gasteiger partial charge in [0.1, 0.15) is 0 Å². The number of nitrogens with zero attached hydrogens (tertiary/aromatic N) is 2. The number of carbonyl (C=O) groups excluding carboxylic acids is 1. The minimum atomic E-state index is 0.0678. The molecule has 2 aliphatic rings. The van der Waals surface area contributed by atoms with Crippen LogP contribution < -0.4 is 9.47 Å². The first-order valence-corrected chi connectivity index (χ1v) is 9.06. The van der Waals surface area contributed by atoms with E-state index in [1.165, 1.54) is 9.88 Å². The Balaban J connectivity index is 1.43. The van der Waals surface area contributed by atoms with E-state index < -0.39 is 0 Å². The summed E-state index contributed by atoms with van der Waals surface area (Å²) in [5.74, 6) is 1.91. The van der Waals surface area contributed by atoms with Gasteiger partial charge in [0.15, 0.2) is 11.5 Å². The van der Waals surface area contributed by atoms with Crippen LogP contribution in [0.5, 0.6) is 11.5 Å². The highest BCUT2D eigenvalue weighted by molar-refractivity contribution is 7.11. The first kappa shape index (κ1) is 15.4. The van der Waals surface area contributed by atoms with Crippen LogP contribution in [0.2, 0.25) is 0 Å². The van der Waals surface area contributed by atoms with Gasteiger partial charge in [-0.2, -0.15) is 0 Å². The van der Waals surface area contributed by atoms with E-state index in [0.29, 0.717) is 23.0 Å². The normalized spacial score (nSPS) is 17.3. The second-order valence-corrected chi connectivity index (χ2v) is 7.56. The zero-order valence-electron chi connectivity index (χ0n) is 13.9. The van der Waals surface area contributed by atoms with Crippen molar-refractivity contribution >= 4 is 17.2 Å². The zero-order valence-corrected chi connectivity index (χ0v) is 14.7. The number of thiazole rings is 1. The molecule has 0 saturated carbocycles. The van der Waals surface area contributed by atoms with E-state index >= 15 is 0 Å². The molecule has 0 N–H and O–H groups in total. The third-order valence-electron chi connectivity index (χ3n) is 4.80. The van der Waals surface area contributed by atoms with Gasteiger partial charge >= 0.3 is 0 Å². The van der Waals surface area contributed by atoms with Gasteiger partial charge in [-0.25, -0.2) is 4.98 Å². The monoisotopic (exact) mass is 344 g/mol. The summed E-state index contributed by atoms with van der Waals surface area (Å²) >= 11 is 1.80. The number of carbonyl (C=O) groups is 1. The first-order valence-electron chi connectivity index (χ1n) is 8.24. The lowest BCUT2D eigenvalue weighted by molar-refractivity contribution is 0.0712. The average Bonchev–Trinajstić information content (AvgIpc) is 3.20. The lowest BCUT2D eigenvalue weighted by atomic mass is 9.97. The molecular formula is C18H20N2O3S. The van der Waals surface area contributed by atoms with Gasteiger partial charge in [-0.1, -0.05) is 0 Å². The Labute approximate surface area is 145 Å². The Hall–Kier alpha value is -2.08. The molecule has 0 spiro atoms. The van der Waals surface area contributed by atoms with Gasteiger partial charge in [-0.15, -0.1) is 11.3 Å². The van der Waals surface area contributed by atoms with Crippen molar-refractivity contribution in [1.82, 2.24) is 9.88 Å².